The number of para-hydroxylation sites is 1. The number of furan rings is 1. The summed E-state index contributed by atoms with van der Waals surface area (Å²) >= 11 is 0. The summed E-state index contributed by atoms with van der Waals surface area (Å²) in [6, 6.07) is 69.3. The molecule has 56 heavy (non-hydrogen) atoms. The van der Waals surface area contributed by atoms with Gasteiger partial charge >= 0.3 is 0 Å². The SMILES string of the molecule is c1ccc(-c2nc(-c3ccc(-c4cccc5c4C4(c6ccccc6-c6ccccc64)c4c-5oc5ccccc45)cc3)cc(-c3cccc4ccccc34)n2)cc1. The maximum atomic E-state index is 6.83. The minimum Gasteiger partial charge on any atom is -0.456 e. The highest BCUT2D eigenvalue weighted by atomic mass is 16.3. The Morgan fingerprint density at radius 2 is 0.946 bits per heavy atom. The molecule has 12 rings (SSSR count). The number of benzene rings is 8. The quantitative estimate of drug-likeness (QED) is 0.182. The van der Waals surface area contributed by atoms with Gasteiger partial charge in [-0.05, 0) is 61.8 Å². The van der Waals surface area contributed by atoms with E-state index in [1.807, 2.05) is 18.2 Å². The van der Waals surface area contributed by atoms with E-state index in [9.17, 15) is 0 Å². The van der Waals surface area contributed by atoms with Crippen molar-refractivity contribution in [1.29, 1.82) is 0 Å². The largest absolute Gasteiger partial charge is 0.456 e. The van der Waals surface area contributed by atoms with Gasteiger partial charge in [0.2, 0.25) is 0 Å². The van der Waals surface area contributed by atoms with Crippen LogP contribution in [0.5, 0.6) is 0 Å². The van der Waals surface area contributed by atoms with E-state index in [1.165, 1.54) is 49.7 Å². The van der Waals surface area contributed by atoms with Crippen LogP contribution in [0.4, 0.5) is 0 Å². The minimum atomic E-state index is -0.537. The highest BCUT2D eigenvalue weighted by molar-refractivity contribution is 6.04. The number of rotatable bonds is 4. The Kier molecular flexibility index (Phi) is 6.55. The van der Waals surface area contributed by atoms with Crippen molar-refractivity contribution < 1.29 is 4.42 Å². The third-order valence-electron chi connectivity index (χ3n) is 11.9. The maximum Gasteiger partial charge on any atom is 0.160 e. The summed E-state index contributed by atoms with van der Waals surface area (Å²) in [5.74, 6) is 1.67. The molecule has 0 atom stereocenters. The van der Waals surface area contributed by atoms with Crippen LogP contribution in [0.3, 0.4) is 0 Å². The van der Waals surface area contributed by atoms with Crippen molar-refractivity contribution in [3.63, 3.8) is 0 Å². The van der Waals surface area contributed by atoms with Crippen LogP contribution in [0.15, 0.2) is 199 Å². The number of fused-ring (bicyclic) bond motifs is 13. The van der Waals surface area contributed by atoms with E-state index in [0.717, 1.165) is 55.9 Å². The smallest absolute Gasteiger partial charge is 0.160 e. The molecule has 260 valence electrons. The molecule has 0 saturated heterocycles. The van der Waals surface area contributed by atoms with Gasteiger partial charge in [0.15, 0.2) is 5.82 Å². The molecule has 3 heteroatoms. The molecule has 0 bridgehead atoms. The zero-order chi connectivity index (χ0) is 36.8. The molecule has 1 spiro atoms. The Bertz CT molecular complexity index is 3140. The summed E-state index contributed by atoms with van der Waals surface area (Å²) in [5, 5.41) is 3.51. The second-order valence-corrected chi connectivity index (χ2v) is 14.8. The van der Waals surface area contributed by atoms with Crippen LogP contribution in [0.2, 0.25) is 0 Å². The second-order valence-electron chi connectivity index (χ2n) is 14.8. The number of nitrogens with zero attached hydrogens (tertiary/aromatic N) is 2. The first kappa shape index (κ1) is 31.0. The van der Waals surface area contributed by atoms with Gasteiger partial charge in [-0.25, -0.2) is 9.97 Å². The Morgan fingerprint density at radius 1 is 0.375 bits per heavy atom. The zero-order valence-electron chi connectivity index (χ0n) is 30.3. The summed E-state index contributed by atoms with van der Waals surface area (Å²) < 4.78 is 6.83. The van der Waals surface area contributed by atoms with Crippen LogP contribution in [0.1, 0.15) is 22.3 Å². The van der Waals surface area contributed by atoms with Crippen LogP contribution >= 0.6 is 0 Å². The molecular weight excluding hydrogens is 681 g/mol. The van der Waals surface area contributed by atoms with Gasteiger partial charge in [-0.2, -0.15) is 0 Å². The number of aromatic nitrogens is 2. The Labute approximate surface area is 324 Å². The maximum absolute atomic E-state index is 6.83. The van der Waals surface area contributed by atoms with Crippen molar-refractivity contribution in [1.82, 2.24) is 9.97 Å². The van der Waals surface area contributed by atoms with Crippen LogP contribution in [0.25, 0.3) is 89.2 Å². The molecule has 8 aromatic carbocycles. The normalized spacial score (nSPS) is 13.1. The fourth-order valence-electron chi connectivity index (χ4n) is 9.61. The molecular formula is C53H32N2O. The van der Waals surface area contributed by atoms with Gasteiger partial charge in [-0.3, -0.25) is 0 Å². The molecule has 0 N–H and O–H groups in total. The van der Waals surface area contributed by atoms with Gasteiger partial charge < -0.3 is 4.42 Å². The molecule has 0 unspecified atom stereocenters. The fraction of sp³-hybridized carbons (Fsp3) is 0.0189. The van der Waals surface area contributed by atoms with Crippen LogP contribution in [0, 0.1) is 0 Å². The van der Waals surface area contributed by atoms with Crippen molar-refractivity contribution >= 4 is 21.7 Å². The van der Waals surface area contributed by atoms with Crippen molar-refractivity contribution in [2.75, 3.05) is 0 Å². The van der Waals surface area contributed by atoms with Crippen LogP contribution in [-0.4, -0.2) is 9.97 Å². The van der Waals surface area contributed by atoms with Crippen LogP contribution in [-0.2, 0) is 5.41 Å². The summed E-state index contributed by atoms with van der Waals surface area (Å²) in [7, 11) is 0. The second kappa shape index (κ2) is 11.8. The van der Waals surface area contributed by atoms with Crippen LogP contribution < -0.4 is 0 Å². The lowest BCUT2D eigenvalue weighted by molar-refractivity contribution is 0.628. The molecule has 10 aromatic rings. The highest BCUT2D eigenvalue weighted by Crippen LogP contribution is 2.66. The molecule has 0 amide bonds. The monoisotopic (exact) mass is 712 g/mol. The Morgan fingerprint density at radius 3 is 1.75 bits per heavy atom. The minimum absolute atomic E-state index is 0.537. The summed E-state index contributed by atoms with van der Waals surface area (Å²) in [5.41, 5.74) is 16.4. The third kappa shape index (κ3) is 4.28. The summed E-state index contributed by atoms with van der Waals surface area (Å²) in [6.45, 7) is 0. The van der Waals surface area contributed by atoms with E-state index in [0.29, 0.717) is 5.82 Å². The predicted octanol–water partition coefficient (Wildman–Crippen LogP) is 13.4. The van der Waals surface area contributed by atoms with E-state index in [4.69, 9.17) is 14.4 Å². The average Bonchev–Trinajstić information content (AvgIpc) is 3.90. The molecule has 2 heterocycles. The average molecular weight is 713 g/mol. The van der Waals surface area contributed by atoms with Crippen molar-refractivity contribution in [2.24, 2.45) is 0 Å². The van der Waals surface area contributed by atoms with E-state index in [-0.39, 0.29) is 0 Å². The standard InChI is InChI=1S/C53H32N2O/c1-2-15-36(16-3-1)52-54-46(32-47(55-52)41-23-12-17-33-14-4-5-18-37(33)41)35-30-28-34(29-31-35)38-22-13-24-43-49(38)53(50-42-21-8-11-27-48(42)56-51(43)50)44-25-9-6-19-39(44)40-20-7-10-26-45(40)53/h1-32H. The van der Waals surface area contributed by atoms with Gasteiger partial charge in [0, 0.05) is 33.2 Å². The lowest BCUT2D eigenvalue weighted by Gasteiger charge is -2.31. The number of hydrogen-bond donors (Lipinski definition) is 0. The molecule has 0 aliphatic heterocycles. The van der Waals surface area contributed by atoms with Gasteiger partial charge in [-0.15, -0.1) is 0 Å². The van der Waals surface area contributed by atoms with Crippen molar-refractivity contribution in [3.8, 4) is 67.5 Å². The third-order valence-corrected chi connectivity index (χ3v) is 11.9. The highest BCUT2D eigenvalue weighted by Gasteiger charge is 2.55. The Balaban J connectivity index is 1.06. The van der Waals surface area contributed by atoms with Gasteiger partial charge in [-0.1, -0.05) is 182 Å². The molecule has 0 saturated carbocycles. The van der Waals surface area contributed by atoms with Gasteiger partial charge in [0.05, 0.1) is 16.8 Å². The van der Waals surface area contributed by atoms with E-state index in [1.54, 1.807) is 0 Å². The first-order valence-corrected chi connectivity index (χ1v) is 19.2. The summed E-state index contributed by atoms with van der Waals surface area (Å²) in [6.07, 6.45) is 0. The first-order valence-electron chi connectivity index (χ1n) is 19.2. The van der Waals surface area contributed by atoms with Gasteiger partial charge in [0.25, 0.3) is 0 Å². The molecule has 2 aromatic heterocycles. The van der Waals surface area contributed by atoms with Crippen molar-refractivity contribution in [3.05, 3.63) is 216 Å². The van der Waals surface area contributed by atoms with E-state index < -0.39 is 5.41 Å². The van der Waals surface area contributed by atoms with E-state index in [2.05, 4.69) is 176 Å². The fourth-order valence-corrected chi connectivity index (χ4v) is 9.61. The predicted molar refractivity (Wildman–Crippen MR) is 227 cm³/mol. The molecule has 0 fully saturated rings. The first-order chi connectivity index (χ1) is 27.8. The topological polar surface area (TPSA) is 38.9 Å². The number of hydrogen-bond acceptors (Lipinski definition) is 3. The molecule has 2 aliphatic carbocycles. The Hall–Kier alpha value is -7.36. The molecule has 2 aliphatic rings. The van der Waals surface area contributed by atoms with Crippen molar-refractivity contribution in [2.45, 2.75) is 5.41 Å². The molecule has 3 nitrogen and oxygen atoms in total. The lowest BCUT2D eigenvalue weighted by atomic mass is 9.68. The zero-order valence-corrected chi connectivity index (χ0v) is 30.3. The lowest BCUT2D eigenvalue weighted by Crippen LogP contribution is -2.26. The van der Waals surface area contributed by atoms with Gasteiger partial charge in [0.1, 0.15) is 11.3 Å². The molecule has 0 radical (unpaired) electrons. The summed E-state index contributed by atoms with van der Waals surface area (Å²) in [4.78, 5) is 10.3. The van der Waals surface area contributed by atoms with E-state index >= 15 is 0 Å².